The van der Waals surface area contributed by atoms with Crippen LogP contribution in [0.2, 0.25) is 19.6 Å². The van der Waals surface area contributed by atoms with E-state index < -0.39 is 8.07 Å². The van der Waals surface area contributed by atoms with Gasteiger partial charge in [0.2, 0.25) is 0 Å². The molecular weight excluding hydrogens is 272 g/mol. The Hall–Kier alpha value is -1.45. The fraction of sp³-hybridized carbons (Fsp3) is 0.389. The van der Waals surface area contributed by atoms with Crippen LogP contribution in [0.15, 0.2) is 48.8 Å². The summed E-state index contributed by atoms with van der Waals surface area (Å²) in [6.45, 7) is 12.4. The number of hydrogen-bond donors (Lipinski definition) is 0. The molecule has 0 spiro atoms. The summed E-state index contributed by atoms with van der Waals surface area (Å²) in [6, 6.07) is 13.4. The minimum Gasteiger partial charge on any atom is -0.295 e. The molecular formula is C18H26N2Si. The highest BCUT2D eigenvalue weighted by Crippen LogP contribution is 2.10. The van der Waals surface area contributed by atoms with E-state index in [0.717, 1.165) is 19.6 Å². The molecule has 0 saturated carbocycles. The first-order valence-electron chi connectivity index (χ1n) is 7.69. The van der Waals surface area contributed by atoms with Gasteiger partial charge in [-0.3, -0.25) is 9.88 Å². The van der Waals surface area contributed by atoms with Crippen molar-refractivity contribution in [2.45, 2.75) is 39.7 Å². The van der Waals surface area contributed by atoms with Crippen molar-refractivity contribution in [2.75, 3.05) is 6.54 Å². The van der Waals surface area contributed by atoms with Gasteiger partial charge in [0.1, 0.15) is 0 Å². The van der Waals surface area contributed by atoms with Crippen LogP contribution in [0.4, 0.5) is 0 Å². The molecule has 2 aromatic rings. The Morgan fingerprint density at radius 1 is 0.857 bits per heavy atom. The molecule has 1 aromatic heterocycles. The molecule has 0 fully saturated rings. The number of pyridine rings is 1. The van der Waals surface area contributed by atoms with Gasteiger partial charge < -0.3 is 0 Å². The number of aromatic nitrogens is 1. The van der Waals surface area contributed by atoms with Gasteiger partial charge in [0.25, 0.3) is 0 Å². The van der Waals surface area contributed by atoms with Crippen LogP contribution in [0, 0.1) is 0 Å². The van der Waals surface area contributed by atoms with E-state index in [9.17, 15) is 0 Å². The minimum atomic E-state index is -1.19. The summed E-state index contributed by atoms with van der Waals surface area (Å²) in [5.74, 6) is 0. The van der Waals surface area contributed by atoms with Crippen LogP contribution in [-0.2, 0) is 13.1 Å². The fourth-order valence-electron chi connectivity index (χ4n) is 2.39. The second-order valence-electron chi connectivity index (χ2n) is 6.61. The third kappa shape index (κ3) is 4.79. The van der Waals surface area contributed by atoms with Gasteiger partial charge in [-0.25, -0.2) is 0 Å². The van der Waals surface area contributed by atoms with Crippen molar-refractivity contribution in [3.63, 3.8) is 0 Å². The van der Waals surface area contributed by atoms with Gasteiger partial charge in [-0.05, 0) is 29.8 Å². The molecule has 112 valence electrons. The normalized spacial score (nSPS) is 11.9. The van der Waals surface area contributed by atoms with E-state index in [1.165, 1.54) is 16.3 Å². The summed E-state index contributed by atoms with van der Waals surface area (Å²) < 4.78 is 0. The highest BCUT2D eigenvalue weighted by Gasteiger charge is 2.15. The molecule has 3 heteroatoms. The van der Waals surface area contributed by atoms with Crippen LogP contribution in [0.25, 0.3) is 0 Å². The van der Waals surface area contributed by atoms with Crippen molar-refractivity contribution < 1.29 is 0 Å². The van der Waals surface area contributed by atoms with E-state index in [2.05, 4.69) is 72.8 Å². The van der Waals surface area contributed by atoms with Gasteiger partial charge in [0.05, 0.1) is 8.07 Å². The van der Waals surface area contributed by atoms with Gasteiger partial charge in [-0.1, -0.05) is 56.0 Å². The third-order valence-electron chi connectivity index (χ3n) is 3.83. The van der Waals surface area contributed by atoms with E-state index in [1.807, 2.05) is 12.4 Å². The van der Waals surface area contributed by atoms with Crippen molar-refractivity contribution in [1.29, 1.82) is 0 Å². The maximum atomic E-state index is 4.08. The lowest BCUT2D eigenvalue weighted by atomic mass is 10.2. The Kier molecular flexibility index (Phi) is 5.31. The Morgan fingerprint density at radius 2 is 1.38 bits per heavy atom. The second kappa shape index (κ2) is 7.01. The smallest absolute Gasteiger partial charge is 0.0775 e. The molecule has 0 aliphatic rings. The molecule has 0 aliphatic carbocycles. The summed E-state index contributed by atoms with van der Waals surface area (Å²) in [4.78, 5) is 6.54. The Balaban J connectivity index is 2.02. The molecule has 2 rings (SSSR count). The zero-order valence-corrected chi connectivity index (χ0v) is 14.6. The van der Waals surface area contributed by atoms with E-state index >= 15 is 0 Å². The molecule has 21 heavy (non-hydrogen) atoms. The zero-order chi connectivity index (χ0) is 15.3. The lowest BCUT2D eigenvalue weighted by molar-refractivity contribution is 0.271. The topological polar surface area (TPSA) is 16.1 Å². The van der Waals surface area contributed by atoms with Gasteiger partial charge in [-0.15, -0.1) is 0 Å². The second-order valence-corrected chi connectivity index (χ2v) is 11.7. The highest BCUT2D eigenvalue weighted by atomic mass is 28.3. The molecule has 0 amide bonds. The van der Waals surface area contributed by atoms with Crippen molar-refractivity contribution in [1.82, 2.24) is 9.88 Å². The lowest BCUT2D eigenvalue weighted by Crippen LogP contribution is -2.37. The Bertz CT molecular complexity index is 544. The van der Waals surface area contributed by atoms with E-state index in [4.69, 9.17) is 0 Å². The van der Waals surface area contributed by atoms with Crippen LogP contribution < -0.4 is 5.19 Å². The number of hydrogen-bond acceptors (Lipinski definition) is 2. The van der Waals surface area contributed by atoms with Crippen molar-refractivity contribution in [3.05, 3.63) is 59.9 Å². The predicted octanol–water partition coefficient (Wildman–Crippen LogP) is 3.65. The molecule has 1 aromatic carbocycles. The molecule has 0 saturated heterocycles. The van der Waals surface area contributed by atoms with Crippen molar-refractivity contribution in [3.8, 4) is 0 Å². The molecule has 0 aliphatic heterocycles. The van der Waals surface area contributed by atoms with Gasteiger partial charge in [-0.2, -0.15) is 0 Å². The van der Waals surface area contributed by atoms with Gasteiger partial charge in [0, 0.05) is 25.5 Å². The van der Waals surface area contributed by atoms with Crippen LogP contribution in [-0.4, -0.2) is 24.5 Å². The van der Waals surface area contributed by atoms with E-state index in [0.29, 0.717) is 0 Å². The molecule has 0 atom stereocenters. The largest absolute Gasteiger partial charge is 0.295 e. The fourth-order valence-corrected chi connectivity index (χ4v) is 3.56. The highest BCUT2D eigenvalue weighted by molar-refractivity contribution is 6.88. The standard InChI is InChI=1S/C18H26N2Si/c1-5-20(15-17-10-12-19-13-11-17)14-16-6-8-18(9-7-16)21(2,3)4/h6-13H,5,14-15H2,1-4H3. The van der Waals surface area contributed by atoms with Crippen LogP contribution in [0.1, 0.15) is 18.1 Å². The molecule has 1 heterocycles. The Morgan fingerprint density at radius 3 is 1.86 bits per heavy atom. The average molecular weight is 299 g/mol. The molecule has 0 bridgehead atoms. The molecule has 0 unspecified atom stereocenters. The maximum Gasteiger partial charge on any atom is 0.0775 e. The summed E-state index contributed by atoms with van der Waals surface area (Å²) in [5.41, 5.74) is 2.72. The SMILES string of the molecule is CCN(Cc1ccncc1)Cc1ccc([Si](C)(C)C)cc1. The number of benzene rings is 1. The van der Waals surface area contributed by atoms with Crippen LogP contribution in [0.5, 0.6) is 0 Å². The quantitative estimate of drug-likeness (QED) is 0.757. The van der Waals surface area contributed by atoms with Crippen LogP contribution in [0.3, 0.4) is 0 Å². The molecule has 2 nitrogen and oxygen atoms in total. The van der Waals surface area contributed by atoms with Gasteiger partial charge in [0.15, 0.2) is 0 Å². The Labute approximate surface area is 129 Å². The first-order valence-corrected chi connectivity index (χ1v) is 11.2. The molecule has 0 radical (unpaired) electrons. The summed E-state index contributed by atoms with van der Waals surface area (Å²) in [6.07, 6.45) is 3.73. The average Bonchev–Trinajstić information content (AvgIpc) is 2.47. The first kappa shape index (κ1) is 15.9. The lowest BCUT2D eigenvalue weighted by Gasteiger charge is -2.22. The first-order chi connectivity index (χ1) is 9.99. The third-order valence-corrected chi connectivity index (χ3v) is 5.89. The summed E-state index contributed by atoms with van der Waals surface area (Å²) in [7, 11) is -1.19. The zero-order valence-electron chi connectivity index (χ0n) is 13.6. The molecule has 0 N–H and O–H groups in total. The van der Waals surface area contributed by atoms with Crippen molar-refractivity contribution >= 4 is 13.3 Å². The monoisotopic (exact) mass is 298 g/mol. The van der Waals surface area contributed by atoms with E-state index in [1.54, 1.807) is 0 Å². The van der Waals surface area contributed by atoms with Gasteiger partial charge >= 0.3 is 0 Å². The maximum absolute atomic E-state index is 4.08. The number of rotatable bonds is 6. The summed E-state index contributed by atoms with van der Waals surface area (Å²) in [5, 5.41) is 1.53. The van der Waals surface area contributed by atoms with Crippen molar-refractivity contribution in [2.24, 2.45) is 0 Å². The summed E-state index contributed by atoms with van der Waals surface area (Å²) >= 11 is 0. The predicted molar refractivity (Wildman–Crippen MR) is 93.4 cm³/mol. The number of nitrogens with zero attached hydrogens (tertiary/aromatic N) is 2. The van der Waals surface area contributed by atoms with E-state index in [-0.39, 0.29) is 0 Å². The minimum absolute atomic E-state index is 0.981. The van der Waals surface area contributed by atoms with Crippen LogP contribution >= 0.6 is 0 Å².